The number of carbonyl (C=O) groups excluding carboxylic acids is 1. The molecule has 7 heteroatoms. The summed E-state index contributed by atoms with van der Waals surface area (Å²) in [5.41, 5.74) is 5.90. The molecule has 6 nitrogen and oxygen atoms in total. The van der Waals surface area contributed by atoms with Crippen LogP contribution < -0.4 is 10.3 Å². The summed E-state index contributed by atoms with van der Waals surface area (Å²) >= 11 is 1.48. The second-order valence-corrected chi connectivity index (χ2v) is 11.1. The SMILES string of the molecule is CC(=O)O[C@H](C[C@H](C(C)C)N(C)CCC(C)C)c1nc(ONC2CCCc3ccccc32)cs1. The van der Waals surface area contributed by atoms with E-state index in [0.717, 1.165) is 37.2 Å². The molecule has 2 aromatic rings. The third-order valence-electron chi connectivity index (χ3n) is 6.61. The Labute approximate surface area is 209 Å². The normalized spacial score (nSPS) is 17.6. The molecule has 34 heavy (non-hydrogen) atoms. The summed E-state index contributed by atoms with van der Waals surface area (Å²) < 4.78 is 5.75. The largest absolute Gasteiger partial charge is 0.455 e. The number of aryl methyl sites for hydroxylation is 1. The zero-order valence-electron chi connectivity index (χ0n) is 21.5. The van der Waals surface area contributed by atoms with Crippen molar-refractivity contribution in [2.24, 2.45) is 11.8 Å². The van der Waals surface area contributed by atoms with Gasteiger partial charge in [0.25, 0.3) is 0 Å². The van der Waals surface area contributed by atoms with Crippen molar-refractivity contribution in [2.75, 3.05) is 13.6 Å². The zero-order valence-corrected chi connectivity index (χ0v) is 22.4. The number of hydrogen-bond acceptors (Lipinski definition) is 7. The number of benzene rings is 1. The van der Waals surface area contributed by atoms with Crippen LogP contribution in [-0.2, 0) is 16.0 Å². The summed E-state index contributed by atoms with van der Waals surface area (Å²) in [4.78, 5) is 24.9. The predicted octanol–water partition coefficient (Wildman–Crippen LogP) is 6.10. The third kappa shape index (κ3) is 7.52. The van der Waals surface area contributed by atoms with Crippen LogP contribution in [-0.4, -0.2) is 35.5 Å². The van der Waals surface area contributed by atoms with Gasteiger partial charge in [0.15, 0.2) is 6.10 Å². The van der Waals surface area contributed by atoms with Crippen LogP contribution in [0.4, 0.5) is 0 Å². The van der Waals surface area contributed by atoms with Crippen LogP contribution in [0.3, 0.4) is 0 Å². The number of carbonyl (C=O) groups is 1. The van der Waals surface area contributed by atoms with E-state index in [-0.39, 0.29) is 24.2 Å². The van der Waals surface area contributed by atoms with Crippen LogP contribution in [0.15, 0.2) is 29.6 Å². The summed E-state index contributed by atoms with van der Waals surface area (Å²) in [6.07, 6.45) is 4.75. The van der Waals surface area contributed by atoms with Gasteiger partial charge in [0.1, 0.15) is 5.01 Å². The number of nitrogens with one attached hydrogen (secondary N) is 1. The number of esters is 1. The highest BCUT2D eigenvalue weighted by Crippen LogP contribution is 2.33. The Morgan fingerprint density at radius 1 is 1.26 bits per heavy atom. The van der Waals surface area contributed by atoms with Gasteiger partial charge in [0.05, 0.1) is 11.4 Å². The fraction of sp³-hybridized carbons (Fsp3) is 0.630. The van der Waals surface area contributed by atoms with Crippen molar-refractivity contribution in [3.8, 4) is 5.88 Å². The smallest absolute Gasteiger partial charge is 0.303 e. The van der Waals surface area contributed by atoms with Gasteiger partial charge in [-0.05, 0) is 62.2 Å². The minimum absolute atomic E-state index is 0.152. The summed E-state index contributed by atoms with van der Waals surface area (Å²) in [5, 5.41) is 2.67. The van der Waals surface area contributed by atoms with E-state index in [1.54, 1.807) is 0 Å². The minimum atomic E-state index is -0.385. The van der Waals surface area contributed by atoms with Crippen molar-refractivity contribution in [1.82, 2.24) is 15.4 Å². The van der Waals surface area contributed by atoms with Gasteiger partial charge in [-0.1, -0.05) is 52.0 Å². The molecule has 3 rings (SSSR count). The van der Waals surface area contributed by atoms with E-state index in [1.165, 1.54) is 29.4 Å². The maximum atomic E-state index is 11.9. The van der Waals surface area contributed by atoms with E-state index < -0.39 is 0 Å². The number of thiazole rings is 1. The van der Waals surface area contributed by atoms with Crippen molar-refractivity contribution < 1.29 is 14.4 Å². The van der Waals surface area contributed by atoms with Gasteiger partial charge >= 0.3 is 5.97 Å². The van der Waals surface area contributed by atoms with Gasteiger partial charge < -0.3 is 14.5 Å². The van der Waals surface area contributed by atoms with E-state index in [1.807, 2.05) is 5.38 Å². The van der Waals surface area contributed by atoms with Gasteiger partial charge in [-0.25, -0.2) is 4.98 Å². The Morgan fingerprint density at radius 3 is 2.74 bits per heavy atom. The van der Waals surface area contributed by atoms with Gasteiger partial charge in [-0.3, -0.25) is 4.79 Å². The van der Waals surface area contributed by atoms with E-state index >= 15 is 0 Å². The summed E-state index contributed by atoms with van der Waals surface area (Å²) in [6.45, 7) is 11.4. The highest BCUT2D eigenvalue weighted by atomic mass is 32.1. The quantitative estimate of drug-likeness (QED) is 0.288. The Morgan fingerprint density at radius 2 is 2.03 bits per heavy atom. The first-order valence-electron chi connectivity index (χ1n) is 12.6. The molecule has 1 aromatic heterocycles. The van der Waals surface area contributed by atoms with Crippen LogP contribution in [0, 0.1) is 11.8 Å². The summed E-state index contributed by atoms with van der Waals surface area (Å²) in [5.74, 6) is 1.32. The molecular formula is C27H41N3O3S. The van der Waals surface area contributed by atoms with Crippen molar-refractivity contribution in [3.63, 3.8) is 0 Å². The second-order valence-electron chi connectivity index (χ2n) is 10.2. The van der Waals surface area contributed by atoms with Crippen LogP contribution in [0.2, 0.25) is 0 Å². The first kappa shape index (κ1) is 26.6. The van der Waals surface area contributed by atoms with E-state index in [4.69, 9.17) is 9.57 Å². The highest BCUT2D eigenvalue weighted by molar-refractivity contribution is 7.09. The van der Waals surface area contributed by atoms with Crippen LogP contribution in [0.25, 0.3) is 0 Å². The lowest BCUT2D eigenvalue weighted by Gasteiger charge is -2.33. The molecule has 1 aliphatic rings. The maximum Gasteiger partial charge on any atom is 0.303 e. The Hall–Kier alpha value is -1.96. The molecule has 0 fully saturated rings. The fourth-order valence-corrected chi connectivity index (χ4v) is 5.44. The topological polar surface area (TPSA) is 63.7 Å². The van der Waals surface area contributed by atoms with E-state index in [2.05, 4.69) is 74.4 Å². The minimum Gasteiger partial charge on any atom is -0.455 e. The average molecular weight is 488 g/mol. The second kappa shape index (κ2) is 12.7. The summed E-state index contributed by atoms with van der Waals surface area (Å²) in [7, 11) is 2.17. The van der Waals surface area contributed by atoms with Gasteiger partial charge in [-0.2, -0.15) is 0 Å². The van der Waals surface area contributed by atoms with Crippen molar-refractivity contribution >= 4 is 17.3 Å². The lowest BCUT2D eigenvalue weighted by molar-refractivity contribution is -0.148. The van der Waals surface area contributed by atoms with Crippen LogP contribution >= 0.6 is 11.3 Å². The number of aromatic nitrogens is 1. The molecule has 0 saturated heterocycles. The number of nitrogens with zero attached hydrogens (tertiary/aromatic N) is 2. The number of rotatable bonds is 12. The molecule has 188 valence electrons. The monoisotopic (exact) mass is 487 g/mol. The Kier molecular flexibility index (Phi) is 9.92. The number of fused-ring (bicyclic) bond motifs is 1. The first-order valence-corrected chi connectivity index (χ1v) is 13.5. The van der Waals surface area contributed by atoms with Crippen molar-refractivity contribution in [1.29, 1.82) is 0 Å². The van der Waals surface area contributed by atoms with Crippen LogP contribution in [0.1, 0.15) is 88.6 Å². The van der Waals surface area contributed by atoms with Gasteiger partial charge in [0.2, 0.25) is 5.88 Å². The molecule has 0 amide bonds. The Balaban J connectivity index is 1.67. The predicted molar refractivity (Wildman–Crippen MR) is 138 cm³/mol. The Bertz CT molecular complexity index is 914. The molecule has 1 aromatic carbocycles. The van der Waals surface area contributed by atoms with Gasteiger partial charge in [-0.15, -0.1) is 16.8 Å². The zero-order chi connectivity index (χ0) is 24.7. The van der Waals surface area contributed by atoms with Crippen LogP contribution in [0.5, 0.6) is 5.88 Å². The number of hydrogen-bond donors (Lipinski definition) is 1. The molecule has 0 aliphatic heterocycles. The lowest BCUT2D eigenvalue weighted by atomic mass is 9.88. The lowest BCUT2D eigenvalue weighted by Crippen LogP contribution is -2.38. The molecule has 1 unspecified atom stereocenters. The highest BCUT2D eigenvalue weighted by Gasteiger charge is 2.28. The molecule has 0 spiro atoms. The average Bonchev–Trinajstić information content (AvgIpc) is 3.27. The van der Waals surface area contributed by atoms with E-state index in [0.29, 0.717) is 24.1 Å². The standard InChI is InChI=1S/C27H41N3O3S/c1-18(2)14-15-30(6)24(19(3)4)16-25(32-20(5)31)27-28-26(17-34-27)33-29-23-13-9-11-21-10-7-8-12-22(21)23/h7-8,10,12,17-19,23-25,29H,9,11,13-16H2,1-6H3/t23?,24-,25-/m1/s1. The molecule has 0 bridgehead atoms. The molecule has 1 heterocycles. The maximum absolute atomic E-state index is 11.9. The van der Waals surface area contributed by atoms with Gasteiger partial charge in [0, 0.05) is 19.4 Å². The molecule has 1 aliphatic carbocycles. The van der Waals surface area contributed by atoms with Crippen molar-refractivity contribution in [3.05, 3.63) is 45.8 Å². The summed E-state index contributed by atoms with van der Waals surface area (Å²) in [6, 6.07) is 8.96. The fourth-order valence-electron chi connectivity index (χ4n) is 4.68. The molecule has 3 atom stereocenters. The number of hydroxylamine groups is 1. The number of ether oxygens (including phenoxy) is 1. The molecule has 1 N–H and O–H groups in total. The van der Waals surface area contributed by atoms with E-state index in [9.17, 15) is 4.79 Å². The molecule has 0 radical (unpaired) electrons. The first-order chi connectivity index (χ1) is 16.2. The third-order valence-corrected chi connectivity index (χ3v) is 7.53. The van der Waals surface area contributed by atoms with Crippen molar-refractivity contribution in [2.45, 2.75) is 84.9 Å². The molecular weight excluding hydrogens is 446 g/mol. The molecule has 0 saturated carbocycles.